The van der Waals surface area contributed by atoms with E-state index in [9.17, 15) is 10.5 Å². The molecule has 328 valence electrons. The van der Waals surface area contributed by atoms with Gasteiger partial charge in [-0.3, -0.25) is 0 Å². The van der Waals surface area contributed by atoms with Gasteiger partial charge in [-0.15, -0.1) is 16.1 Å². The average Bonchev–Trinajstić information content (AvgIpc) is 3.40. The number of nitriles is 2. The molecule has 13 heteroatoms. The SMILES string of the molecule is N#CS/C(=C(/[N-]P(c1ccccc1)c1ccccc1)SSS/C([N-]P(c1ccccc1)c1ccccc1)=C(/SC#N)P(c1ccccc1)c1ccccc1)P(c1ccccc1)c1ccccc1. The van der Waals surface area contributed by atoms with Crippen LogP contribution in [0.5, 0.6) is 0 Å². The second kappa shape index (κ2) is 26.2. The van der Waals surface area contributed by atoms with Crippen LogP contribution in [0.15, 0.2) is 262 Å². The first kappa shape index (κ1) is 48.7. The number of benzene rings is 8. The first-order chi connectivity index (χ1) is 33.2. The number of hydrogen-bond acceptors (Lipinski definition) is 7. The predicted molar refractivity (Wildman–Crippen MR) is 306 cm³/mol. The Bertz CT molecular complexity index is 2560. The van der Waals surface area contributed by atoms with Gasteiger partial charge in [0, 0.05) is 9.29 Å². The summed E-state index contributed by atoms with van der Waals surface area (Å²) in [6.45, 7) is 0. The minimum atomic E-state index is -1.26. The van der Waals surface area contributed by atoms with Crippen molar-refractivity contribution in [2.75, 3.05) is 0 Å². The Labute approximate surface area is 419 Å². The third-order valence-corrected chi connectivity index (χ3v) is 25.2. The molecule has 0 heterocycles. The third-order valence-electron chi connectivity index (χ3n) is 9.72. The molecule has 0 spiro atoms. The molecule has 0 aliphatic carbocycles. The zero-order chi connectivity index (χ0) is 45.9. The van der Waals surface area contributed by atoms with Crippen LogP contribution in [0, 0.1) is 21.3 Å². The van der Waals surface area contributed by atoms with Crippen LogP contribution in [0.4, 0.5) is 0 Å². The molecule has 0 aliphatic heterocycles. The lowest BCUT2D eigenvalue weighted by molar-refractivity contribution is 1.57. The minimum absolute atomic E-state index is 0.789. The standard InChI is InChI=1S/C54H40N4P4S5/c55-41-63-53(59(43-25-9-1-10-26-43)44-27-11-2-12-28-44)51(57-61(47-33-17-5-18-34-47)48-35-19-6-20-36-48)65-67-66-52(58-62(49-37-21-7-22-38-49)50-39-23-8-24-40-50)54(64-42-56)60(45-29-13-3-14-30-45)46-31-15-4-16-32-46/h1-40H/q-2/b53-51-,54-52+. The summed E-state index contributed by atoms with van der Waals surface area (Å²) in [4.78, 5) is 0. The summed E-state index contributed by atoms with van der Waals surface area (Å²) in [7, 11) is -0.198. The van der Waals surface area contributed by atoms with Gasteiger partial charge in [0.2, 0.25) is 0 Å². The smallest absolute Gasteiger partial charge is 0.138 e. The monoisotopic (exact) mass is 1030 g/mol. The van der Waals surface area contributed by atoms with Crippen molar-refractivity contribution in [1.29, 1.82) is 10.5 Å². The largest absolute Gasteiger partial charge is 0.645 e. The zero-order valence-corrected chi connectivity index (χ0v) is 43.4. The van der Waals surface area contributed by atoms with E-state index in [2.05, 4.69) is 205 Å². The average molecular weight is 1030 g/mol. The van der Waals surface area contributed by atoms with Crippen LogP contribution in [0.25, 0.3) is 10.2 Å². The Balaban J connectivity index is 1.30. The molecular formula is C54H40N4P4S5-2. The summed E-state index contributed by atoms with van der Waals surface area (Å²) in [6, 6.07) is 83.9. The minimum Gasteiger partial charge on any atom is -0.645 e. The lowest BCUT2D eigenvalue weighted by atomic mass is 10.4. The van der Waals surface area contributed by atoms with Crippen LogP contribution in [0.3, 0.4) is 0 Å². The van der Waals surface area contributed by atoms with Crippen molar-refractivity contribution in [2.45, 2.75) is 0 Å². The second-order valence-corrected chi connectivity index (χ2v) is 28.1. The molecule has 0 atom stereocenters. The van der Waals surface area contributed by atoms with E-state index in [4.69, 9.17) is 10.2 Å². The molecule has 0 fully saturated rings. The van der Waals surface area contributed by atoms with E-state index in [-0.39, 0.29) is 0 Å². The van der Waals surface area contributed by atoms with E-state index in [0.29, 0.717) is 0 Å². The van der Waals surface area contributed by atoms with E-state index >= 15 is 0 Å². The Morgan fingerprint density at radius 1 is 0.313 bits per heavy atom. The molecule has 0 N–H and O–H groups in total. The number of hydrogen-bond donors (Lipinski definition) is 0. The van der Waals surface area contributed by atoms with Crippen LogP contribution >= 0.6 is 86.9 Å². The number of thioether (sulfide) groups is 2. The lowest BCUT2D eigenvalue weighted by Crippen LogP contribution is -2.14. The maximum atomic E-state index is 10.7. The highest BCUT2D eigenvalue weighted by atomic mass is 33.5. The Kier molecular flexibility index (Phi) is 19.0. The van der Waals surface area contributed by atoms with Crippen LogP contribution in [0.2, 0.25) is 0 Å². The molecule has 8 aromatic carbocycles. The van der Waals surface area contributed by atoms with E-state index in [1.807, 2.05) is 48.5 Å². The number of thiocyanates is 2. The van der Waals surface area contributed by atoms with Crippen LogP contribution in [-0.2, 0) is 0 Å². The summed E-state index contributed by atoms with van der Waals surface area (Å²) in [5, 5.41) is 48.6. The van der Waals surface area contributed by atoms with Crippen molar-refractivity contribution >= 4 is 129 Å². The molecule has 8 aromatic rings. The molecule has 0 bridgehead atoms. The van der Waals surface area contributed by atoms with E-state index in [1.165, 1.54) is 23.5 Å². The summed E-state index contributed by atoms with van der Waals surface area (Å²) in [5.41, 5.74) is 0. The van der Waals surface area contributed by atoms with Gasteiger partial charge >= 0.3 is 0 Å². The number of nitrogens with zero attached hydrogens (tertiary/aromatic N) is 4. The highest BCUT2D eigenvalue weighted by Crippen LogP contribution is 2.64. The molecule has 8 rings (SSSR count). The van der Waals surface area contributed by atoms with Crippen LogP contribution < -0.4 is 42.4 Å². The molecule has 0 saturated heterocycles. The van der Waals surface area contributed by atoms with Crippen LogP contribution in [-0.4, -0.2) is 0 Å². The van der Waals surface area contributed by atoms with Gasteiger partial charge in [0.1, 0.15) is 10.8 Å². The maximum Gasteiger partial charge on any atom is 0.138 e. The molecule has 0 unspecified atom stereocenters. The third kappa shape index (κ3) is 13.3. The van der Waals surface area contributed by atoms with Gasteiger partial charge in [-0.2, -0.15) is 10.5 Å². The fraction of sp³-hybridized carbons (Fsp3) is 0. The molecular weight excluding hydrogens is 989 g/mol. The molecule has 0 amide bonds. The van der Waals surface area contributed by atoms with Crippen molar-refractivity contribution in [2.24, 2.45) is 0 Å². The van der Waals surface area contributed by atoms with E-state index in [1.54, 1.807) is 31.4 Å². The summed E-state index contributed by atoms with van der Waals surface area (Å²) in [6.07, 6.45) is 0. The molecule has 4 nitrogen and oxygen atoms in total. The Morgan fingerprint density at radius 3 is 0.731 bits per heavy atom. The van der Waals surface area contributed by atoms with Gasteiger partial charge in [-0.1, -0.05) is 274 Å². The lowest BCUT2D eigenvalue weighted by Gasteiger charge is -2.40. The fourth-order valence-corrected chi connectivity index (χ4v) is 23.2. The zero-order valence-electron chi connectivity index (χ0n) is 35.7. The van der Waals surface area contributed by atoms with Crippen molar-refractivity contribution in [3.8, 4) is 10.8 Å². The molecule has 0 aliphatic rings. The molecule has 0 aromatic heterocycles. The van der Waals surface area contributed by atoms with Crippen molar-refractivity contribution in [1.82, 2.24) is 0 Å². The van der Waals surface area contributed by atoms with Gasteiger partial charge in [0.25, 0.3) is 0 Å². The maximum absolute atomic E-state index is 10.7. The molecule has 67 heavy (non-hydrogen) atoms. The van der Waals surface area contributed by atoms with Crippen molar-refractivity contribution in [3.05, 3.63) is 272 Å². The van der Waals surface area contributed by atoms with Gasteiger partial charge in [-0.05, 0) is 91.6 Å². The first-order valence-electron chi connectivity index (χ1n) is 20.9. The van der Waals surface area contributed by atoms with Gasteiger partial charge in [0.05, 0.1) is 0 Å². The van der Waals surface area contributed by atoms with E-state index in [0.717, 1.165) is 61.8 Å². The van der Waals surface area contributed by atoms with Crippen LogP contribution in [0.1, 0.15) is 0 Å². The highest BCUT2D eigenvalue weighted by molar-refractivity contribution is 9.10. The summed E-state index contributed by atoms with van der Waals surface area (Å²) in [5.74, 6) is 0. The van der Waals surface area contributed by atoms with Crippen molar-refractivity contribution in [3.63, 3.8) is 0 Å². The van der Waals surface area contributed by atoms with Gasteiger partial charge < -0.3 is 10.2 Å². The predicted octanol–water partition coefficient (Wildman–Crippen LogP) is 14.8. The van der Waals surface area contributed by atoms with Gasteiger partial charge in [0.15, 0.2) is 0 Å². The van der Waals surface area contributed by atoms with Gasteiger partial charge in [-0.25, -0.2) is 0 Å². The summed E-state index contributed by atoms with van der Waals surface area (Å²) < 4.78 is 1.82. The number of rotatable bonds is 20. The molecule has 0 saturated carbocycles. The Morgan fingerprint density at radius 2 is 0.522 bits per heavy atom. The second-order valence-electron chi connectivity index (χ2n) is 14.0. The first-order valence-corrected chi connectivity index (χ1v) is 31.3. The molecule has 0 radical (unpaired) electrons. The highest BCUT2D eigenvalue weighted by Gasteiger charge is 2.25. The van der Waals surface area contributed by atoms with E-state index < -0.39 is 32.0 Å². The topological polar surface area (TPSA) is 75.8 Å². The quantitative estimate of drug-likeness (QED) is 0.0428. The normalized spacial score (nSPS) is 12.0. The van der Waals surface area contributed by atoms with Crippen molar-refractivity contribution < 1.29 is 0 Å². The summed E-state index contributed by atoms with van der Waals surface area (Å²) >= 11 is 2.41. The fourth-order valence-electron chi connectivity index (χ4n) is 6.79. The Hall–Kier alpha value is -4.71.